The van der Waals surface area contributed by atoms with Gasteiger partial charge < -0.3 is 9.64 Å². The summed E-state index contributed by atoms with van der Waals surface area (Å²) in [7, 11) is 1.35. The van der Waals surface area contributed by atoms with Gasteiger partial charge in [-0.2, -0.15) is 0 Å². The second-order valence-corrected chi connectivity index (χ2v) is 4.18. The van der Waals surface area contributed by atoms with Gasteiger partial charge in [0.1, 0.15) is 5.82 Å². The molecule has 5 nitrogen and oxygen atoms in total. The first-order valence-electron chi connectivity index (χ1n) is 5.93. The predicted molar refractivity (Wildman–Crippen MR) is 64.0 cm³/mol. The Morgan fingerprint density at radius 3 is 2.88 bits per heavy atom. The van der Waals surface area contributed by atoms with Gasteiger partial charge in [0.05, 0.1) is 19.5 Å². The smallest absolute Gasteiger partial charge is 0.358 e. The lowest BCUT2D eigenvalue weighted by Crippen LogP contribution is -2.28. The van der Waals surface area contributed by atoms with Gasteiger partial charge in [-0.15, -0.1) is 0 Å². The van der Waals surface area contributed by atoms with Crippen LogP contribution in [0.3, 0.4) is 0 Å². The van der Waals surface area contributed by atoms with E-state index in [0.29, 0.717) is 6.04 Å². The zero-order chi connectivity index (χ0) is 12.3. The zero-order valence-electron chi connectivity index (χ0n) is 10.2. The number of carbonyl (C=O) groups is 1. The highest BCUT2D eigenvalue weighted by molar-refractivity contribution is 5.87. The van der Waals surface area contributed by atoms with Crippen LogP contribution in [0.5, 0.6) is 0 Å². The van der Waals surface area contributed by atoms with Crippen molar-refractivity contribution in [1.82, 2.24) is 9.97 Å². The molecule has 1 aromatic heterocycles. The first kappa shape index (κ1) is 11.8. The molecule has 0 atom stereocenters. The van der Waals surface area contributed by atoms with Gasteiger partial charge in [0.2, 0.25) is 0 Å². The summed E-state index contributed by atoms with van der Waals surface area (Å²) in [6.07, 6.45) is 6.60. The van der Waals surface area contributed by atoms with Crippen LogP contribution in [0.2, 0.25) is 0 Å². The van der Waals surface area contributed by atoms with Crippen LogP contribution in [0, 0.1) is 0 Å². The van der Waals surface area contributed by atoms with Crippen molar-refractivity contribution in [3.8, 4) is 0 Å². The number of rotatable bonds is 5. The van der Waals surface area contributed by atoms with E-state index in [1.165, 1.54) is 26.1 Å². The van der Waals surface area contributed by atoms with E-state index in [0.717, 1.165) is 18.8 Å². The van der Waals surface area contributed by atoms with Crippen molar-refractivity contribution in [2.24, 2.45) is 0 Å². The maximum absolute atomic E-state index is 11.4. The Balaban J connectivity index is 2.21. The molecule has 1 saturated carbocycles. The third-order valence-corrected chi connectivity index (χ3v) is 2.76. The molecule has 0 spiro atoms. The number of aromatic nitrogens is 2. The highest BCUT2D eigenvalue weighted by atomic mass is 16.5. The number of methoxy groups -OCH3 is 1. The van der Waals surface area contributed by atoms with E-state index in [1.54, 1.807) is 6.20 Å². The SMILES string of the molecule is CCCN(c1cncc(C(=O)OC)n1)C1CC1. The molecule has 1 aromatic rings. The summed E-state index contributed by atoms with van der Waals surface area (Å²) >= 11 is 0. The third-order valence-electron chi connectivity index (χ3n) is 2.76. The van der Waals surface area contributed by atoms with Crippen LogP contribution in [0.1, 0.15) is 36.7 Å². The van der Waals surface area contributed by atoms with E-state index < -0.39 is 5.97 Å². The number of hydrogen-bond acceptors (Lipinski definition) is 5. The maximum Gasteiger partial charge on any atom is 0.358 e. The Hall–Kier alpha value is -1.65. The standard InChI is InChI=1S/C12H17N3O2/c1-3-6-15(9-4-5-9)11-8-13-7-10(14-11)12(16)17-2/h7-9H,3-6H2,1-2H3. The summed E-state index contributed by atoms with van der Waals surface area (Å²) in [4.78, 5) is 22.0. The Morgan fingerprint density at radius 1 is 1.53 bits per heavy atom. The van der Waals surface area contributed by atoms with Crippen molar-refractivity contribution < 1.29 is 9.53 Å². The molecule has 0 aliphatic heterocycles. The largest absolute Gasteiger partial charge is 0.464 e. The molecule has 17 heavy (non-hydrogen) atoms. The average Bonchev–Trinajstić information content (AvgIpc) is 3.19. The number of esters is 1. The second-order valence-electron chi connectivity index (χ2n) is 4.18. The Labute approximate surface area is 101 Å². The molecule has 92 valence electrons. The van der Waals surface area contributed by atoms with Gasteiger partial charge in [0.15, 0.2) is 5.69 Å². The number of nitrogens with zero attached hydrogens (tertiary/aromatic N) is 3. The number of ether oxygens (including phenoxy) is 1. The van der Waals surface area contributed by atoms with E-state index in [9.17, 15) is 4.79 Å². The fourth-order valence-electron chi connectivity index (χ4n) is 1.81. The summed E-state index contributed by atoms with van der Waals surface area (Å²) < 4.78 is 4.65. The maximum atomic E-state index is 11.4. The van der Waals surface area contributed by atoms with Crippen molar-refractivity contribution in [3.05, 3.63) is 18.1 Å². The van der Waals surface area contributed by atoms with Gasteiger partial charge in [-0.25, -0.2) is 9.78 Å². The Morgan fingerprint density at radius 2 is 2.29 bits per heavy atom. The summed E-state index contributed by atoms with van der Waals surface area (Å²) in [6, 6.07) is 0.567. The second kappa shape index (κ2) is 5.12. The molecule has 0 unspecified atom stereocenters. The van der Waals surface area contributed by atoms with Crippen molar-refractivity contribution in [2.75, 3.05) is 18.6 Å². The quantitative estimate of drug-likeness (QED) is 0.726. The van der Waals surface area contributed by atoms with Crippen LogP contribution in [0.15, 0.2) is 12.4 Å². The summed E-state index contributed by atoms with van der Waals surface area (Å²) in [5.41, 5.74) is 0.270. The van der Waals surface area contributed by atoms with Crippen molar-refractivity contribution >= 4 is 11.8 Å². The van der Waals surface area contributed by atoms with Crippen LogP contribution in [-0.4, -0.2) is 35.6 Å². The van der Waals surface area contributed by atoms with Crippen molar-refractivity contribution in [2.45, 2.75) is 32.2 Å². The minimum atomic E-state index is -0.438. The molecule has 0 amide bonds. The highest BCUT2D eigenvalue weighted by Gasteiger charge is 2.29. The fraction of sp³-hybridized carbons (Fsp3) is 0.583. The Bertz CT molecular complexity index is 404. The molecule has 1 aliphatic rings. The van der Waals surface area contributed by atoms with Gasteiger partial charge in [-0.05, 0) is 19.3 Å². The van der Waals surface area contributed by atoms with E-state index in [2.05, 4.69) is 26.5 Å². The van der Waals surface area contributed by atoms with Gasteiger partial charge in [-0.3, -0.25) is 4.98 Å². The van der Waals surface area contributed by atoms with Gasteiger partial charge in [-0.1, -0.05) is 6.92 Å². The minimum absolute atomic E-state index is 0.270. The van der Waals surface area contributed by atoms with Crippen LogP contribution >= 0.6 is 0 Å². The van der Waals surface area contributed by atoms with E-state index >= 15 is 0 Å². The van der Waals surface area contributed by atoms with Crippen LogP contribution < -0.4 is 4.90 Å². The van der Waals surface area contributed by atoms with Crippen LogP contribution in [0.25, 0.3) is 0 Å². The average molecular weight is 235 g/mol. The lowest BCUT2D eigenvalue weighted by Gasteiger charge is -2.22. The predicted octanol–water partition coefficient (Wildman–Crippen LogP) is 1.64. The van der Waals surface area contributed by atoms with Gasteiger partial charge in [0, 0.05) is 12.6 Å². The summed E-state index contributed by atoms with van der Waals surface area (Å²) in [5, 5.41) is 0. The van der Waals surface area contributed by atoms with E-state index in [-0.39, 0.29) is 5.69 Å². The van der Waals surface area contributed by atoms with E-state index in [4.69, 9.17) is 0 Å². The van der Waals surface area contributed by atoms with Crippen LogP contribution in [-0.2, 0) is 4.74 Å². The molecule has 0 bridgehead atoms. The van der Waals surface area contributed by atoms with Crippen molar-refractivity contribution in [1.29, 1.82) is 0 Å². The first-order chi connectivity index (χ1) is 8.26. The monoisotopic (exact) mass is 235 g/mol. The Kier molecular flexibility index (Phi) is 3.56. The van der Waals surface area contributed by atoms with Gasteiger partial charge in [0.25, 0.3) is 0 Å². The first-order valence-corrected chi connectivity index (χ1v) is 5.93. The molecule has 0 aromatic carbocycles. The van der Waals surface area contributed by atoms with Gasteiger partial charge >= 0.3 is 5.97 Å². The minimum Gasteiger partial charge on any atom is -0.464 e. The molecule has 0 N–H and O–H groups in total. The number of hydrogen-bond donors (Lipinski definition) is 0. The van der Waals surface area contributed by atoms with Crippen LogP contribution in [0.4, 0.5) is 5.82 Å². The fourth-order valence-corrected chi connectivity index (χ4v) is 1.81. The molecular weight excluding hydrogens is 218 g/mol. The molecule has 5 heteroatoms. The number of carbonyl (C=O) groups excluding carboxylic acids is 1. The topological polar surface area (TPSA) is 55.3 Å². The lowest BCUT2D eigenvalue weighted by atomic mass is 10.3. The molecule has 1 aliphatic carbocycles. The third kappa shape index (κ3) is 2.72. The molecule has 2 rings (SSSR count). The zero-order valence-corrected chi connectivity index (χ0v) is 10.2. The molecule has 0 saturated heterocycles. The molecule has 1 heterocycles. The number of anilines is 1. The van der Waals surface area contributed by atoms with Crippen molar-refractivity contribution in [3.63, 3.8) is 0 Å². The molecule has 0 radical (unpaired) electrons. The normalized spacial score (nSPS) is 14.5. The summed E-state index contributed by atoms with van der Waals surface area (Å²) in [5.74, 6) is 0.337. The molecule has 1 fully saturated rings. The summed E-state index contributed by atoms with van der Waals surface area (Å²) in [6.45, 7) is 3.08. The molecular formula is C12H17N3O2. The lowest BCUT2D eigenvalue weighted by molar-refractivity contribution is 0.0593. The van der Waals surface area contributed by atoms with E-state index in [1.807, 2.05) is 0 Å². The highest BCUT2D eigenvalue weighted by Crippen LogP contribution is 2.30.